The van der Waals surface area contributed by atoms with Crippen molar-refractivity contribution in [1.29, 1.82) is 0 Å². The molecular formula is C16H24FNO2. The Bertz CT molecular complexity index is 407. The summed E-state index contributed by atoms with van der Waals surface area (Å²) in [7, 11) is 0. The quantitative estimate of drug-likeness (QED) is 0.870. The smallest absolute Gasteiger partial charge is 0.123 e. The Morgan fingerprint density at radius 1 is 1.35 bits per heavy atom. The molecular weight excluding hydrogens is 257 g/mol. The van der Waals surface area contributed by atoms with E-state index in [9.17, 15) is 9.50 Å². The van der Waals surface area contributed by atoms with E-state index in [1.807, 2.05) is 0 Å². The van der Waals surface area contributed by atoms with E-state index in [4.69, 9.17) is 4.74 Å². The second-order valence-corrected chi connectivity index (χ2v) is 5.85. The lowest BCUT2D eigenvalue weighted by atomic mass is 9.93. The highest BCUT2D eigenvalue weighted by Gasteiger charge is 2.30. The molecule has 1 aliphatic heterocycles. The maximum Gasteiger partial charge on any atom is 0.123 e. The number of rotatable bonds is 6. The minimum atomic E-state index is -0.264. The van der Waals surface area contributed by atoms with Crippen LogP contribution < -0.4 is 4.74 Å². The Hall–Kier alpha value is -1.13. The Kier molecular flexibility index (Phi) is 5.38. The average Bonchev–Trinajstić information content (AvgIpc) is 2.91. The van der Waals surface area contributed by atoms with Crippen LogP contribution in [0.1, 0.15) is 20.3 Å². The first-order valence-corrected chi connectivity index (χ1v) is 7.33. The number of hydrogen-bond acceptors (Lipinski definition) is 3. The molecule has 112 valence electrons. The average molecular weight is 281 g/mol. The van der Waals surface area contributed by atoms with Crippen LogP contribution in [0.15, 0.2) is 24.3 Å². The SMILES string of the molecule is CC(C)N1CCC(C(CO)COc2ccc(F)cc2)C1. The first-order valence-electron chi connectivity index (χ1n) is 7.33. The number of ether oxygens (including phenoxy) is 1. The fourth-order valence-electron chi connectivity index (χ4n) is 2.74. The van der Waals surface area contributed by atoms with Crippen molar-refractivity contribution >= 4 is 0 Å². The fourth-order valence-corrected chi connectivity index (χ4v) is 2.74. The lowest BCUT2D eigenvalue weighted by Gasteiger charge is -2.24. The number of benzene rings is 1. The van der Waals surface area contributed by atoms with Crippen LogP contribution in [0.3, 0.4) is 0 Å². The summed E-state index contributed by atoms with van der Waals surface area (Å²) in [5.74, 6) is 1.01. The van der Waals surface area contributed by atoms with Gasteiger partial charge >= 0.3 is 0 Å². The monoisotopic (exact) mass is 281 g/mol. The zero-order valence-corrected chi connectivity index (χ0v) is 12.3. The summed E-state index contributed by atoms with van der Waals surface area (Å²) in [6.07, 6.45) is 1.11. The third-order valence-electron chi connectivity index (χ3n) is 4.17. The fraction of sp³-hybridized carbons (Fsp3) is 0.625. The third-order valence-corrected chi connectivity index (χ3v) is 4.17. The minimum Gasteiger partial charge on any atom is -0.493 e. The summed E-state index contributed by atoms with van der Waals surface area (Å²) in [5, 5.41) is 9.57. The van der Waals surface area contributed by atoms with Crippen molar-refractivity contribution < 1.29 is 14.2 Å². The Morgan fingerprint density at radius 2 is 2.05 bits per heavy atom. The van der Waals surface area contributed by atoms with Gasteiger partial charge in [0, 0.05) is 25.1 Å². The Balaban J connectivity index is 1.85. The highest BCUT2D eigenvalue weighted by molar-refractivity contribution is 5.22. The van der Waals surface area contributed by atoms with Gasteiger partial charge in [0.15, 0.2) is 0 Å². The van der Waals surface area contributed by atoms with Crippen LogP contribution in [0.5, 0.6) is 5.75 Å². The van der Waals surface area contributed by atoms with Crippen molar-refractivity contribution in [3.8, 4) is 5.75 Å². The minimum absolute atomic E-state index is 0.137. The van der Waals surface area contributed by atoms with Gasteiger partial charge in [-0.3, -0.25) is 0 Å². The van der Waals surface area contributed by atoms with Crippen molar-refractivity contribution in [1.82, 2.24) is 4.90 Å². The molecule has 2 atom stereocenters. The number of aliphatic hydroxyl groups excluding tert-OH is 1. The van der Waals surface area contributed by atoms with Crippen LogP contribution in [0, 0.1) is 17.7 Å². The summed E-state index contributed by atoms with van der Waals surface area (Å²) < 4.78 is 18.5. The number of hydrogen-bond donors (Lipinski definition) is 1. The molecule has 0 saturated carbocycles. The summed E-state index contributed by atoms with van der Waals surface area (Å²) in [4.78, 5) is 2.44. The zero-order chi connectivity index (χ0) is 14.5. The number of aliphatic hydroxyl groups is 1. The molecule has 0 spiro atoms. The first kappa shape index (κ1) is 15.3. The van der Waals surface area contributed by atoms with Crippen LogP contribution in [-0.4, -0.2) is 42.4 Å². The van der Waals surface area contributed by atoms with Gasteiger partial charge in [0.1, 0.15) is 11.6 Å². The van der Waals surface area contributed by atoms with E-state index in [0.29, 0.717) is 24.3 Å². The molecule has 20 heavy (non-hydrogen) atoms. The molecule has 1 N–H and O–H groups in total. The second-order valence-electron chi connectivity index (χ2n) is 5.85. The lowest BCUT2D eigenvalue weighted by molar-refractivity contribution is 0.116. The standard InChI is InChI=1S/C16H24FNO2/c1-12(2)18-8-7-13(9-18)14(10-19)11-20-16-5-3-15(17)4-6-16/h3-6,12-14,19H,7-11H2,1-2H3. The molecule has 0 amide bonds. The number of likely N-dealkylation sites (tertiary alicyclic amines) is 1. The molecule has 0 aromatic heterocycles. The van der Waals surface area contributed by atoms with Gasteiger partial charge in [0.2, 0.25) is 0 Å². The normalized spacial score (nSPS) is 21.4. The molecule has 3 nitrogen and oxygen atoms in total. The van der Waals surface area contributed by atoms with Gasteiger partial charge in [-0.05, 0) is 57.0 Å². The van der Waals surface area contributed by atoms with Crippen LogP contribution in [0.4, 0.5) is 4.39 Å². The van der Waals surface area contributed by atoms with Crippen molar-refractivity contribution in [2.45, 2.75) is 26.3 Å². The molecule has 1 aromatic rings. The number of nitrogens with zero attached hydrogens (tertiary/aromatic N) is 1. The van der Waals surface area contributed by atoms with E-state index in [0.717, 1.165) is 19.5 Å². The highest BCUT2D eigenvalue weighted by Crippen LogP contribution is 2.26. The van der Waals surface area contributed by atoms with Gasteiger partial charge in [-0.25, -0.2) is 4.39 Å². The summed E-state index contributed by atoms with van der Waals surface area (Å²) in [6.45, 7) is 7.14. The maximum absolute atomic E-state index is 12.8. The van der Waals surface area contributed by atoms with Gasteiger partial charge in [0.25, 0.3) is 0 Å². The highest BCUT2D eigenvalue weighted by atomic mass is 19.1. The van der Waals surface area contributed by atoms with E-state index in [1.165, 1.54) is 12.1 Å². The van der Waals surface area contributed by atoms with Crippen molar-refractivity contribution in [3.05, 3.63) is 30.1 Å². The maximum atomic E-state index is 12.8. The number of halogens is 1. The third kappa shape index (κ3) is 3.93. The molecule has 0 radical (unpaired) electrons. The van der Waals surface area contributed by atoms with Crippen molar-refractivity contribution in [3.63, 3.8) is 0 Å². The van der Waals surface area contributed by atoms with Crippen molar-refractivity contribution in [2.75, 3.05) is 26.3 Å². The molecule has 0 aliphatic carbocycles. The van der Waals surface area contributed by atoms with Gasteiger partial charge in [-0.15, -0.1) is 0 Å². The second kappa shape index (κ2) is 7.04. The summed E-state index contributed by atoms with van der Waals surface area (Å²) in [5.41, 5.74) is 0. The largest absolute Gasteiger partial charge is 0.493 e. The van der Waals surface area contributed by atoms with Gasteiger partial charge in [-0.2, -0.15) is 0 Å². The molecule has 4 heteroatoms. The van der Waals surface area contributed by atoms with E-state index in [-0.39, 0.29) is 18.3 Å². The van der Waals surface area contributed by atoms with Crippen molar-refractivity contribution in [2.24, 2.45) is 11.8 Å². The molecule has 2 rings (SSSR count). The van der Waals surface area contributed by atoms with E-state index in [1.54, 1.807) is 12.1 Å². The molecule has 0 bridgehead atoms. The molecule has 1 saturated heterocycles. The molecule has 1 fully saturated rings. The Morgan fingerprint density at radius 3 is 2.60 bits per heavy atom. The molecule has 1 heterocycles. The predicted molar refractivity (Wildman–Crippen MR) is 77.3 cm³/mol. The lowest BCUT2D eigenvalue weighted by Crippen LogP contribution is -2.31. The summed E-state index contributed by atoms with van der Waals surface area (Å²) in [6, 6.07) is 6.58. The first-order chi connectivity index (χ1) is 9.60. The zero-order valence-electron chi connectivity index (χ0n) is 12.3. The molecule has 2 unspecified atom stereocenters. The Labute approximate surface area is 120 Å². The molecule has 1 aliphatic rings. The van der Waals surface area contributed by atoms with E-state index in [2.05, 4.69) is 18.7 Å². The van der Waals surface area contributed by atoms with Gasteiger partial charge < -0.3 is 14.7 Å². The van der Waals surface area contributed by atoms with Crippen LogP contribution in [0.2, 0.25) is 0 Å². The summed E-state index contributed by atoms with van der Waals surface area (Å²) >= 11 is 0. The predicted octanol–water partition coefficient (Wildman–Crippen LogP) is 2.54. The van der Waals surface area contributed by atoms with Crippen LogP contribution in [-0.2, 0) is 0 Å². The molecule has 1 aromatic carbocycles. The van der Waals surface area contributed by atoms with Gasteiger partial charge in [0.05, 0.1) is 6.61 Å². The van der Waals surface area contributed by atoms with Crippen LogP contribution >= 0.6 is 0 Å². The van der Waals surface area contributed by atoms with E-state index < -0.39 is 0 Å². The van der Waals surface area contributed by atoms with E-state index >= 15 is 0 Å². The van der Waals surface area contributed by atoms with Gasteiger partial charge in [-0.1, -0.05) is 0 Å². The van der Waals surface area contributed by atoms with Crippen LogP contribution in [0.25, 0.3) is 0 Å². The topological polar surface area (TPSA) is 32.7 Å².